The van der Waals surface area contributed by atoms with E-state index in [1.807, 2.05) is 24.3 Å². The number of aromatic nitrogens is 8. The monoisotopic (exact) mass is 418 g/mol. The van der Waals surface area contributed by atoms with Crippen molar-refractivity contribution >= 4 is 28.1 Å². The van der Waals surface area contributed by atoms with Crippen molar-refractivity contribution in [2.75, 3.05) is 0 Å². The maximum Gasteiger partial charge on any atom is 0.229 e. The maximum absolute atomic E-state index is 13.2. The van der Waals surface area contributed by atoms with E-state index in [0.29, 0.717) is 22.9 Å². The molecule has 0 aliphatic carbocycles. The molecule has 152 valence electrons. The van der Waals surface area contributed by atoms with Crippen LogP contribution in [0.5, 0.6) is 0 Å². The zero-order valence-corrected chi connectivity index (χ0v) is 16.6. The van der Waals surface area contributed by atoms with E-state index in [1.54, 1.807) is 70.6 Å². The van der Waals surface area contributed by atoms with E-state index in [9.17, 15) is 4.79 Å². The first-order chi connectivity index (χ1) is 15.8. The Kier molecular flexibility index (Phi) is 4.04. The number of carbonyl (C=O) groups excluding carboxylic acids is 1. The predicted octanol–water partition coefficient (Wildman–Crippen LogP) is 3.18. The van der Waals surface area contributed by atoms with Crippen LogP contribution in [0, 0.1) is 0 Å². The van der Waals surface area contributed by atoms with Gasteiger partial charge in [0, 0.05) is 12.4 Å². The molecule has 0 N–H and O–H groups in total. The number of rotatable bonds is 4. The average molecular weight is 418 g/mol. The SMILES string of the molecule is O=C(c1cccc(-n2cnc3cccnc32)n1)c1cccc(-n2cnc3cccnc32)n1. The third kappa shape index (κ3) is 2.91. The van der Waals surface area contributed by atoms with E-state index >= 15 is 0 Å². The number of pyridine rings is 4. The lowest BCUT2D eigenvalue weighted by Crippen LogP contribution is -2.10. The van der Waals surface area contributed by atoms with Gasteiger partial charge in [-0.25, -0.2) is 29.9 Å². The third-order valence-electron chi connectivity index (χ3n) is 5.04. The molecule has 0 aliphatic rings. The lowest BCUT2D eigenvalue weighted by atomic mass is 10.2. The van der Waals surface area contributed by atoms with Gasteiger partial charge < -0.3 is 0 Å². The second-order valence-corrected chi connectivity index (χ2v) is 7.01. The molecule has 6 heterocycles. The number of imidazole rings is 2. The first-order valence-corrected chi connectivity index (χ1v) is 9.84. The number of hydrogen-bond donors (Lipinski definition) is 0. The third-order valence-corrected chi connectivity index (χ3v) is 5.04. The van der Waals surface area contributed by atoms with Gasteiger partial charge in [0.1, 0.15) is 46.7 Å². The summed E-state index contributed by atoms with van der Waals surface area (Å²) >= 11 is 0. The van der Waals surface area contributed by atoms with Crippen LogP contribution in [0.3, 0.4) is 0 Å². The van der Waals surface area contributed by atoms with Crippen LogP contribution in [-0.2, 0) is 0 Å². The van der Waals surface area contributed by atoms with Crippen molar-refractivity contribution in [2.45, 2.75) is 0 Å². The second-order valence-electron chi connectivity index (χ2n) is 7.01. The summed E-state index contributed by atoms with van der Waals surface area (Å²) in [7, 11) is 0. The molecular formula is C23H14N8O. The first-order valence-electron chi connectivity index (χ1n) is 9.84. The highest BCUT2D eigenvalue weighted by atomic mass is 16.1. The van der Waals surface area contributed by atoms with Crippen molar-refractivity contribution in [1.82, 2.24) is 39.0 Å². The van der Waals surface area contributed by atoms with Gasteiger partial charge in [-0.3, -0.25) is 13.9 Å². The Morgan fingerprint density at radius 1 is 0.594 bits per heavy atom. The molecule has 0 atom stereocenters. The minimum Gasteiger partial charge on any atom is -0.285 e. The van der Waals surface area contributed by atoms with Gasteiger partial charge in [-0.2, -0.15) is 0 Å². The van der Waals surface area contributed by atoms with E-state index < -0.39 is 0 Å². The van der Waals surface area contributed by atoms with Crippen LogP contribution in [0.2, 0.25) is 0 Å². The van der Waals surface area contributed by atoms with Gasteiger partial charge in [-0.15, -0.1) is 0 Å². The predicted molar refractivity (Wildman–Crippen MR) is 117 cm³/mol. The topological polar surface area (TPSA) is 104 Å². The fourth-order valence-electron chi connectivity index (χ4n) is 3.53. The first kappa shape index (κ1) is 18.0. The van der Waals surface area contributed by atoms with E-state index in [4.69, 9.17) is 0 Å². The number of nitrogens with zero attached hydrogens (tertiary/aromatic N) is 8. The Hall–Kier alpha value is -4.79. The highest BCUT2D eigenvalue weighted by Crippen LogP contribution is 2.18. The van der Waals surface area contributed by atoms with Crippen LogP contribution in [0.15, 0.2) is 85.7 Å². The van der Waals surface area contributed by atoms with Crippen molar-refractivity contribution < 1.29 is 4.79 Å². The van der Waals surface area contributed by atoms with Crippen LogP contribution in [0.25, 0.3) is 34.0 Å². The second kappa shape index (κ2) is 7.17. The molecule has 6 aromatic heterocycles. The number of fused-ring (bicyclic) bond motifs is 2. The molecular weight excluding hydrogens is 404 g/mol. The van der Waals surface area contributed by atoms with Crippen LogP contribution in [0.1, 0.15) is 16.2 Å². The Morgan fingerprint density at radius 3 is 1.59 bits per heavy atom. The number of hydrogen-bond acceptors (Lipinski definition) is 7. The van der Waals surface area contributed by atoms with Gasteiger partial charge in [-0.05, 0) is 48.5 Å². The van der Waals surface area contributed by atoms with Gasteiger partial charge in [0.2, 0.25) is 5.78 Å². The minimum absolute atomic E-state index is 0.276. The molecule has 6 rings (SSSR count). The molecule has 0 saturated heterocycles. The smallest absolute Gasteiger partial charge is 0.229 e. The van der Waals surface area contributed by atoms with Crippen LogP contribution < -0.4 is 0 Å². The highest BCUT2D eigenvalue weighted by molar-refractivity contribution is 6.06. The summed E-state index contributed by atoms with van der Waals surface area (Å²) in [5.41, 5.74) is 3.40. The van der Waals surface area contributed by atoms with Crippen molar-refractivity contribution in [3.8, 4) is 11.6 Å². The fourth-order valence-corrected chi connectivity index (χ4v) is 3.53. The zero-order chi connectivity index (χ0) is 21.5. The molecule has 0 fully saturated rings. The molecule has 9 heteroatoms. The molecule has 0 aliphatic heterocycles. The van der Waals surface area contributed by atoms with Crippen LogP contribution in [-0.4, -0.2) is 44.8 Å². The zero-order valence-electron chi connectivity index (χ0n) is 16.6. The van der Waals surface area contributed by atoms with Gasteiger partial charge >= 0.3 is 0 Å². The van der Waals surface area contributed by atoms with E-state index in [2.05, 4.69) is 29.9 Å². The van der Waals surface area contributed by atoms with Crippen molar-refractivity contribution in [3.63, 3.8) is 0 Å². The van der Waals surface area contributed by atoms with Crippen molar-refractivity contribution in [3.05, 3.63) is 97.1 Å². The lowest BCUT2D eigenvalue weighted by molar-refractivity contribution is 0.102. The molecule has 0 radical (unpaired) electrons. The fraction of sp³-hybridized carbons (Fsp3) is 0. The minimum atomic E-state index is -0.288. The standard InChI is InChI=1S/C23H14N8O/c32-21(15-5-1-9-19(28-15)30-13-26-17-7-3-11-24-22(17)30)16-6-2-10-20(29-16)31-14-27-18-8-4-12-25-23(18)31/h1-14H. The van der Waals surface area contributed by atoms with Crippen LogP contribution in [0.4, 0.5) is 0 Å². The van der Waals surface area contributed by atoms with E-state index in [-0.39, 0.29) is 17.2 Å². The van der Waals surface area contributed by atoms with Gasteiger partial charge in [0.05, 0.1) is 0 Å². The van der Waals surface area contributed by atoms with Gasteiger partial charge in [0.15, 0.2) is 11.3 Å². The van der Waals surface area contributed by atoms with Crippen LogP contribution >= 0.6 is 0 Å². The lowest BCUT2D eigenvalue weighted by Gasteiger charge is -2.07. The largest absolute Gasteiger partial charge is 0.285 e. The van der Waals surface area contributed by atoms with Crippen molar-refractivity contribution in [2.24, 2.45) is 0 Å². The molecule has 9 nitrogen and oxygen atoms in total. The van der Waals surface area contributed by atoms with E-state index in [0.717, 1.165) is 11.0 Å². The Bertz CT molecular complexity index is 1500. The number of carbonyl (C=O) groups is 1. The molecule has 0 spiro atoms. The summed E-state index contributed by atoms with van der Waals surface area (Å²) in [6.45, 7) is 0. The molecule has 0 bridgehead atoms. The normalized spacial score (nSPS) is 11.2. The summed E-state index contributed by atoms with van der Waals surface area (Å²) in [6.07, 6.45) is 6.67. The molecule has 32 heavy (non-hydrogen) atoms. The Morgan fingerprint density at radius 2 is 1.09 bits per heavy atom. The highest BCUT2D eigenvalue weighted by Gasteiger charge is 2.16. The summed E-state index contributed by atoms with van der Waals surface area (Å²) in [5.74, 6) is 0.819. The average Bonchev–Trinajstić information content (AvgIpc) is 3.48. The molecule has 0 unspecified atom stereocenters. The summed E-state index contributed by atoms with van der Waals surface area (Å²) in [4.78, 5) is 39.7. The molecule has 0 amide bonds. The van der Waals surface area contributed by atoms with E-state index in [1.165, 1.54) is 0 Å². The Balaban J connectivity index is 1.39. The maximum atomic E-state index is 13.2. The Labute approximate surface area is 181 Å². The quantitative estimate of drug-likeness (QED) is 0.405. The summed E-state index contributed by atoms with van der Waals surface area (Å²) in [6, 6.07) is 17.9. The summed E-state index contributed by atoms with van der Waals surface area (Å²) < 4.78 is 3.50. The molecule has 0 aromatic carbocycles. The number of ketones is 1. The summed E-state index contributed by atoms with van der Waals surface area (Å²) in [5, 5.41) is 0. The van der Waals surface area contributed by atoms with Crippen molar-refractivity contribution in [1.29, 1.82) is 0 Å². The van der Waals surface area contributed by atoms with Gasteiger partial charge in [-0.1, -0.05) is 12.1 Å². The molecule has 6 aromatic rings. The molecule has 0 saturated carbocycles. The van der Waals surface area contributed by atoms with Gasteiger partial charge in [0.25, 0.3) is 0 Å².